The van der Waals surface area contributed by atoms with Crippen LogP contribution < -0.4 is 5.73 Å². The van der Waals surface area contributed by atoms with E-state index >= 15 is 0 Å². The number of benzene rings is 1. The van der Waals surface area contributed by atoms with E-state index < -0.39 is 5.91 Å². The Kier molecular flexibility index (Phi) is 4.12. The van der Waals surface area contributed by atoms with Crippen molar-refractivity contribution in [3.8, 4) is 5.75 Å². The van der Waals surface area contributed by atoms with Crippen LogP contribution >= 0.6 is 0 Å². The summed E-state index contributed by atoms with van der Waals surface area (Å²) in [6, 6.07) is 4.60. The molecule has 0 unspecified atom stereocenters. The fourth-order valence-electron chi connectivity index (χ4n) is 2.28. The third-order valence-electron chi connectivity index (χ3n) is 3.48. The van der Waals surface area contributed by atoms with Crippen molar-refractivity contribution in [2.45, 2.75) is 12.8 Å². The predicted octanol–water partition coefficient (Wildman–Crippen LogP) is 0.669. The highest BCUT2D eigenvalue weighted by molar-refractivity contribution is 5.99. The number of nitrogen functional groups attached to an aromatic ring is 1. The van der Waals surface area contributed by atoms with E-state index in [1.54, 1.807) is 18.0 Å². The topological polar surface area (TPSA) is 86.9 Å². The van der Waals surface area contributed by atoms with Crippen LogP contribution in [0.3, 0.4) is 0 Å². The van der Waals surface area contributed by atoms with Gasteiger partial charge in [-0.15, -0.1) is 0 Å². The summed E-state index contributed by atoms with van der Waals surface area (Å²) in [7, 11) is 1.54. The Morgan fingerprint density at radius 1 is 1.35 bits per heavy atom. The van der Waals surface area contributed by atoms with Crippen molar-refractivity contribution in [2.24, 2.45) is 0 Å². The number of hydrogen-bond donors (Lipinski definition) is 2. The van der Waals surface area contributed by atoms with Gasteiger partial charge in [0.1, 0.15) is 0 Å². The normalized spacial score (nSPS) is 14.3. The Morgan fingerprint density at radius 3 is 2.65 bits per heavy atom. The molecule has 1 fully saturated rings. The van der Waals surface area contributed by atoms with E-state index in [0.29, 0.717) is 0 Å². The first-order valence-corrected chi connectivity index (χ1v) is 6.61. The third kappa shape index (κ3) is 2.84. The lowest BCUT2D eigenvalue weighted by Crippen LogP contribution is -2.39. The molecule has 1 aromatic carbocycles. The van der Waals surface area contributed by atoms with E-state index in [0.717, 1.165) is 25.9 Å². The maximum atomic E-state index is 12.2. The molecule has 6 nitrogen and oxygen atoms in total. The second-order valence-corrected chi connectivity index (χ2v) is 4.99. The van der Waals surface area contributed by atoms with Crippen molar-refractivity contribution in [3.05, 3.63) is 23.8 Å². The van der Waals surface area contributed by atoms with Crippen molar-refractivity contribution in [1.82, 2.24) is 9.80 Å². The lowest BCUT2D eigenvalue weighted by Gasteiger charge is -2.21. The molecule has 0 bridgehead atoms. The lowest BCUT2D eigenvalue weighted by molar-refractivity contribution is -0.130. The highest BCUT2D eigenvalue weighted by atomic mass is 16.3. The molecule has 0 atom stereocenters. The molecule has 20 heavy (non-hydrogen) atoms. The fourth-order valence-corrected chi connectivity index (χ4v) is 2.28. The van der Waals surface area contributed by atoms with Crippen LogP contribution in [0.1, 0.15) is 23.2 Å². The van der Waals surface area contributed by atoms with Crippen LogP contribution in [0.25, 0.3) is 0 Å². The molecule has 3 N–H and O–H groups in total. The number of carbonyl (C=O) groups excluding carboxylic acids is 2. The number of hydrogen-bond acceptors (Lipinski definition) is 4. The first kappa shape index (κ1) is 14.2. The zero-order chi connectivity index (χ0) is 14.7. The quantitative estimate of drug-likeness (QED) is 0.628. The van der Waals surface area contributed by atoms with Gasteiger partial charge in [-0.3, -0.25) is 9.59 Å². The standard InChI is InChI=1S/C14H19N3O3/c1-16(9-12(18)17-7-2-3-8-17)14(20)10-5-4-6-11(15)13(10)19/h4-6,19H,2-3,7-9,15H2,1H3. The van der Waals surface area contributed by atoms with Crippen LogP contribution in [0.15, 0.2) is 18.2 Å². The van der Waals surface area contributed by atoms with E-state index in [4.69, 9.17) is 5.73 Å². The van der Waals surface area contributed by atoms with Crippen LogP contribution in [0, 0.1) is 0 Å². The first-order chi connectivity index (χ1) is 9.50. The minimum atomic E-state index is -0.414. The Hall–Kier alpha value is -2.24. The Labute approximate surface area is 117 Å². The van der Waals surface area contributed by atoms with Gasteiger partial charge in [-0.25, -0.2) is 0 Å². The van der Waals surface area contributed by atoms with E-state index in [9.17, 15) is 14.7 Å². The molecule has 1 saturated heterocycles. The second kappa shape index (κ2) is 5.81. The minimum absolute atomic E-state index is 0.00702. The average molecular weight is 277 g/mol. The van der Waals surface area contributed by atoms with Crippen molar-refractivity contribution >= 4 is 17.5 Å². The maximum absolute atomic E-state index is 12.2. The van der Waals surface area contributed by atoms with E-state index in [1.165, 1.54) is 17.0 Å². The molecule has 0 aromatic heterocycles. The molecule has 1 aromatic rings. The van der Waals surface area contributed by atoms with Gasteiger partial charge in [-0.1, -0.05) is 6.07 Å². The molecule has 0 saturated carbocycles. The summed E-state index contributed by atoms with van der Waals surface area (Å²) in [5, 5.41) is 9.79. The summed E-state index contributed by atoms with van der Waals surface area (Å²) in [6.07, 6.45) is 2.03. The zero-order valence-electron chi connectivity index (χ0n) is 11.5. The summed E-state index contributed by atoms with van der Waals surface area (Å²) in [6.45, 7) is 1.52. The summed E-state index contributed by atoms with van der Waals surface area (Å²) >= 11 is 0. The largest absolute Gasteiger partial charge is 0.505 e. The minimum Gasteiger partial charge on any atom is -0.505 e. The van der Waals surface area contributed by atoms with Gasteiger partial charge < -0.3 is 20.6 Å². The molecule has 1 aliphatic heterocycles. The summed E-state index contributed by atoms with van der Waals surface area (Å²) in [5.74, 6) is -0.720. The highest BCUT2D eigenvalue weighted by Gasteiger charge is 2.23. The molecule has 0 radical (unpaired) electrons. The Balaban J connectivity index is 2.04. The van der Waals surface area contributed by atoms with Crippen molar-refractivity contribution in [1.29, 1.82) is 0 Å². The second-order valence-electron chi connectivity index (χ2n) is 4.99. The third-order valence-corrected chi connectivity index (χ3v) is 3.48. The number of aromatic hydroxyl groups is 1. The van der Waals surface area contributed by atoms with Crippen molar-refractivity contribution in [3.63, 3.8) is 0 Å². The smallest absolute Gasteiger partial charge is 0.257 e. The van der Waals surface area contributed by atoms with Gasteiger partial charge in [0.05, 0.1) is 17.8 Å². The van der Waals surface area contributed by atoms with Crippen LogP contribution in [0.4, 0.5) is 5.69 Å². The number of nitrogens with zero attached hydrogens (tertiary/aromatic N) is 2. The lowest BCUT2D eigenvalue weighted by atomic mass is 10.1. The number of amides is 2. The van der Waals surface area contributed by atoms with Gasteiger partial charge in [-0.2, -0.15) is 0 Å². The van der Waals surface area contributed by atoms with Crippen LogP contribution in [-0.2, 0) is 4.79 Å². The highest BCUT2D eigenvalue weighted by Crippen LogP contribution is 2.25. The van der Waals surface area contributed by atoms with Gasteiger partial charge in [0, 0.05) is 20.1 Å². The number of rotatable bonds is 3. The molecule has 1 heterocycles. The predicted molar refractivity (Wildman–Crippen MR) is 75.3 cm³/mol. The number of phenolic OH excluding ortho intramolecular Hbond substituents is 1. The van der Waals surface area contributed by atoms with E-state index in [1.807, 2.05) is 0 Å². The molecule has 2 amide bonds. The number of carbonyl (C=O) groups is 2. The molecular weight excluding hydrogens is 258 g/mol. The number of phenols is 1. The van der Waals surface area contributed by atoms with E-state index in [2.05, 4.69) is 0 Å². The molecule has 0 spiro atoms. The van der Waals surface area contributed by atoms with Gasteiger partial charge in [0.15, 0.2) is 5.75 Å². The maximum Gasteiger partial charge on any atom is 0.257 e. The van der Waals surface area contributed by atoms with Gasteiger partial charge in [0.25, 0.3) is 5.91 Å². The number of para-hydroxylation sites is 1. The molecule has 2 rings (SSSR count). The Bertz CT molecular complexity index is 524. The van der Waals surface area contributed by atoms with Crippen LogP contribution in [-0.4, -0.2) is 53.4 Å². The molecule has 108 valence electrons. The molecule has 6 heteroatoms. The van der Waals surface area contributed by atoms with Gasteiger partial charge in [-0.05, 0) is 25.0 Å². The number of likely N-dealkylation sites (tertiary alicyclic amines) is 1. The van der Waals surface area contributed by atoms with E-state index in [-0.39, 0.29) is 29.5 Å². The van der Waals surface area contributed by atoms with Gasteiger partial charge >= 0.3 is 0 Å². The molecule has 0 aliphatic carbocycles. The SMILES string of the molecule is CN(CC(=O)N1CCCC1)C(=O)c1cccc(N)c1O. The molecular formula is C14H19N3O3. The molecule has 1 aliphatic rings. The monoisotopic (exact) mass is 277 g/mol. The number of likely N-dealkylation sites (N-methyl/N-ethyl adjacent to an activating group) is 1. The first-order valence-electron chi connectivity index (χ1n) is 6.61. The van der Waals surface area contributed by atoms with Crippen LogP contribution in [0.2, 0.25) is 0 Å². The number of nitrogens with two attached hydrogens (primary N) is 1. The zero-order valence-corrected chi connectivity index (χ0v) is 11.5. The number of anilines is 1. The van der Waals surface area contributed by atoms with Gasteiger partial charge in [0.2, 0.25) is 5.91 Å². The fraction of sp³-hybridized carbons (Fsp3) is 0.429. The summed E-state index contributed by atoms with van der Waals surface area (Å²) in [5.41, 5.74) is 5.82. The van der Waals surface area contributed by atoms with Crippen LogP contribution in [0.5, 0.6) is 5.75 Å². The summed E-state index contributed by atoms with van der Waals surface area (Å²) < 4.78 is 0. The Morgan fingerprint density at radius 2 is 2.00 bits per heavy atom. The van der Waals surface area contributed by atoms with Crippen molar-refractivity contribution in [2.75, 3.05) is 32.4 Å². The summed E-state index contributed by atoms with van der Waals surface area (Å²) in [4.78, 5) is 27.2. The van der Waals surface area contributed by atoms with Crippen molar-refractivity contribution < 1.29 is 14.7 Å². The average Bonchev–Trinajstić information content (AvgIpc) is 2.95.